The predicted octanol–water partition coefficient (Wildman–Crippen LogP) is 5.26. The molecule has 1 aliphatic heterocycles. The minimum Gasteiger partial charge on any atom is -0.373 e. The van der Waals surface area contributed by atoms with Gasteiger partial charge in [-0.25, -0.2) is 0 Å². The Kier molecular flexibility index (Phi) is 3.60. The Bertz CT molecular complexity index is 634. The van der Waals surface area contributed by atoms with Crippen LogP contribution in [0.3, 0.4) is 0 Å². The molecule has 2 aromatic carbocycles. The Morgan fingerprint density at radius 2 is 1.76 bits per heavy atom. The first kappa shape index (κ1) is 13.5. The summed E-state index contributed by atoms with van der Waals surface area (Å²) in [5.74, 6) is 1.28. The van der Waals surface area contributed by atoms with E-state index in [4.69, 9.17) is 4.74 Å². The van der Waals surface area contributed by atoms with Crippen LogP contribution < -0.4 is 0 Å². The molecule has 0 saturated carbocycles. The lowest BCUT2D eigenvalue weighted by atomic mass is 9.69. The molecule has 0 aromatic heterocycles. The number of benzene rings is 2. The third kappa shape index (κ3) is 2.45. The van der Waals surface area contributed by atoms with Gasteiger partial charge in [0.25, 0.3) is 0 Å². The molecular weight excluding hydrogens is 324 g/mol. The van der Waals surface area contributed by atoms with Crippen LogP contribution in [0.25, 0.3) is 0 Å². The lowest BCUT2D eigenvalue weighted by Crippen LogP contribution is -2.33. The second-order valence-corrected chi connectivity index (χ2v) is 7.06. The highest BCUT2D eigenvalue weighted by atomic mass is 79.9. The van der Waals surface area contributed by atoms with Crippen molar-refractivity contribution in [3.05, 3.63) is 69.7 Å². The summed E-state index contributed by atoms with van der Waals surface area (Å²) >= 11 is 3.52. The molecule has 4 rings (SSSR count). The highest BCUT2D eigenvalue weighted by molar-refractivity contribution is 9.10. The standard InChI is InChI=1S/C19H19BrO/c20-15-8-5-14(6-9-15)19-18-10-7-13-3-1-2-4-16(13)17(18)11-12-21-19/h1-6,8-9,17-19H,7,10-12H2/t17-,18-,19+/m1/s1. The van der Waals surface area contributed by atoms with Gasteiger partial charge in [0.2, 0.25) is 0 Å². The van der Waals surface area contributed by atoms with Crippen LogP contribution in [-0.4, -0.2) is 6.61 Å². The Hall–Kier alpha value is -1.12. The maximum absolute atomic E-state index is 6.17. The largest absolute Gasteiger partial charge is 0.373 e. The Balaban J connectivity index is 1.68. The molecule has 2 aliphatic rings. The number of aryl methyl sites for hydroxylation is 1. The molecule has 0 N–H and O–H groups in total. The lowest BCUT2D eigenvalue weighted by Gasteiger charge is -2.42. The van der Waals surface area contributed by atoms with E-state index in [1.807, 2.05) is 0 Å². The van der Waals surface area contributed by atoms with Crippen molar-refractivity contribution in [2.24, 2.45) is 5.92 Å². The third-order valence-electron chi connectivity index (χ3n) is 5.03. The smallest absolute Gasteiger partial charge is 0.0859 e. The summed E-state index contributed by atoms with van der Waals surface area (Å²) in [4.78, 5) is 0. The van der Waals surface area contributed by atoms with E-state index in [1.54, 1.807) is 11.1 Å². The predicted molar refractivity (Wildman–Crippen MR) is 88.4 cm³/mol. The average molecular weight is 343 g/mol. The number of hydrogen-bond donors (Lipinski definition) is 0. The van der Waals surface area contributed by atoms with E-state index in [0.717, 1.165) is 17.5 Å². The van der Waals surface area contributed by atoms with Crippen molar-refractivity contribution in [3.63, 3.8) is 0 Å². The maximum Gasteiger partial charge on any atom is 0.0859 e. The first-order valence-corrected chi connectivity index (χ1v) is 8.57. The van der Waals surface area contributed by atoms with Crippen molar-refractivity contribution in [2.45, 2.75) is 31.3 Å². The number of fused-ring (bicyclic) bond motifs is 3. The van der Waals surface area contributed by atoms with Crippen LogP contribution >= 0.6 is 15.9 Å². The van der Waals surface area contributed by atoms with E-state index in [-0.39, 0.29) is 6.10 Å². The molecule has 108 valence electrons. The molecule has 1 nitrogen and oxygen atoms in total. The van der Waals surface area contributed by atoms with Gasteiger partial charge in [-0.2, -0.15) is 0 Å². The van der Waals surface area contributed by atoms with Crippen LogP contribution in [0.4, 0.5) is 0 Å². The van der Waals surface area contributed by atoms with Crippen molar-refractivity contribution in [1.82, 2.24) is 0 Å². The molecule has 0 radical (unpaired) electrons. The summed E-state index contributed by atoms with van der Waals surface area (Å²) in [6, 6.07) is 17.6. The maximum atomic E-state index is 6.17. The summed E-state index contributed by atoms with van der Waals surface area (Å²) in [6.45, 7) is 0.871. The van der Waals surface area contributed by atoms with Gasteiger partial charge in [-0.15, -0.1) is 0 Å². The molecule has 3 atom stereocenters. The van der Waals surface area contributed by atoms with Gasteiger partial charge < -0.3 is 4.74 Å². The first-order chi connectivity index (χ1) is 10.3. The highest BCUT2D eigenvalue weighted by Gasteiger charge is 2.38. The number of ether oxygens (including phenoxy) is 1. The molecule has 0 bridgehead atoms. The molecule has 1 heterocycles. The van der Waals surface area contributed by atoms with Gasteiger partial charge >= 0.3 is 0 Å². The van der Waals surface area contributed by atoms with Gasteiger partial charge in [-0.05, 0) is 59.9 Å². The Morgan fingerprint density at radius 3 is 2.62 bits per heavy atom. The van der Waals surface area contributed by atoms with Crippen molar-refractivity contribution in [3.8, 4) is 0 Å². The van der Waals surface area contributed by atoms with Crippen molar-refractivity contribution in [1.29, 1.82) is 0 Å². The van der Waals surface area contributed by atoms with E-state index in [0.29, 0.717) is 11.8 Å². The summed E-state index contributed by atoms with van der Waals surface area (Å²) in [7, 11) is 0. The average Bonchev–Trinajstić information content (AvgIpc) is 2.55. The molecule has 1 aliphatic carbocycles. The van der Waals surface area contributed by atoms with Crippen molar-refractivity contribution >= 4 is 15.9 Å². The Labute approximate surface area is 134 Å². The number of hydrogen-bond acceptors (Lipinski definition) is 1. The normalized spacial score (nSPS) is 27.8. The van der Waals surface area contributed by atoms with Crippen LogP contribution in [-0.2, 0) is 11.2 Å². The fourth-order valence-corrected chi connectivity index (χ4v) is 4.32. The van der Waals surface area contributed by atoms with E-state index in [9.17, 15) is 0 Å². The summed E-state index contributed by atoms with van der Waals surface area (Å²) < 4.78 is 7.31. The molecule has 21 heavy (non-hydrogen) atoms. The quantitative estimate of drug-likeness (QED) is 0.687. The van der Waals surface area contributed by atoms with Crippen LogP contribution in [0.2, 0.25) is 0 Å². The molecule has 0 spiro atoms. The topological polar surface area (TPSA) is 9.23 Å². The van der Waals surface area contributed by atoms with Gasteiger partial charge in [-0.1, -0.05) is 52.3 Å². The molecular formula is C19H19BrO. The zero-order valence-corrected chi connectivity index (χ0v) is 13.6. The van der Waals surface area contributed by atoms with E-state index < -0.39 is 0 Å². The monoisotopic (exact) mass is 342 g/mol. The molecule has 1 fully saturated rings. The first-order valence-electron chi connectivity index (χ1n) is 7.78. The van der Waals surface area contributed by atoms with Crippen LogP contribution in [0.1, 0.15) is 41.6 Å². The van der Waals surface area contributed by atoms with Crippen molar-refractivity contribution in [2.75, 3.05) is 6.61 Å². The second-order valence-electron chi connectivity index (χ2n) is 6.14. The fourth-order valence-electron chi connectivity index (χ4n) is 4.05. The second kappa shape index (κ2) is 5.58. The van der Waals surface area contributed by atoms with Crippen molar-refractivity contribution < 1.29 is 4.74 Å². The van der Waals surface area contributed by atoms with Crippen LogP contribution in [0, 0.1) is 5.92 Å². The Morgan fingerprint density at radius 1 is 0.952 bits per heavy atom. The summed E-state index contributed by atoms with van der Waals surface area (Å²) in [5, 5.41) is 0. The van der Waals surface area contributed by atoms with Gasteiger partial charge in [0, 0.05) is 11.1 Å². The fraction of sp³-hybridized carbons (Fsp3) is 0.368. The number of rotatable bonds is 1. The van der Waals surface area contributed by atoms with Gasteiger partial charge in [0.05, 0.1) is 6.10 Å². The zero-order chi connectivity index (χ0) is 14.2. The minimum atomic E-state index is 0.255. The minimum absolute atomic E-state index is 0.255. The van der Waals surface area contributed by atoms with E-state index in [1.165, 1.54) is 18.4 Å². The summed E-state index contributed by atoms with van der Waals surface area (Å²) in [5.41, 5.74) is 4.45. The molecule has 0 unspecified atom stereocenters. The van der Waals surface area contributed by atoms with E-state index in [2.05, 4.69) is 64.5 Å². The zero-order valence-electron chi connectivity index (χ0n) is 12.0. The molecule has 0 amide bonds. The molecule has 2 aromatic rings. The van der Waals surface area contributed by atoms with Gasteiger partial charge in [0.15, 0.2) is 0 Å². The highest BCUT2D eigenvalue weighted by Crippen LogP contribution is 2.48. The van der Waals surface area contributed by atoms with E-state index >= 15 is 0 Å². The van der Waals surface area contributed by atoms with Gasteiger partial charge in [-0.3, -0.25) is 0 Å². The van der Waals surface area contributed by atoms with Crippen LogP contribution in [0.5, 0.6) is 0 Å². The van der Waals surface area contributed by atoms with Gasteiger partial charge in [0.1, 0.15) is 0 Å². The molecule has 1 saturated heterocycles. The molecule has 2 heteroatoms. The third-order valence-corrected chi connectivity index (χ3v) is 5.56. The SMILES string of the molecule is Brc1ccc([C@@H]2OCC[C@@H]3c4ccccc4CC[C@H]32)cc1. The lowest BCUT2D eigenvalue weighted by molar-refractivity contribution is -0.0459. The number of halogens is 1. The van der Waals surface area contributed by atoms with Crippen LogP contribution in [0.15, 0.2) is 53.0 Å². The summed E-state index contributed by atoms with van der Waals surface area (Å²) in [6.07, 6.45) is 3.84.